The first-order valence-corrected chi connectivity index (χ1v) is 10.1. The van der Waals surface area contributed by atoms with Crippen LogP contribution in [0.3, 0.4) is 0 Å². The van der Waals surface area contributed by atoms with Crippen LogP contribution in [0.2, 0.25) is 5.02 Å². The average Bonchev–Trinajstić information content (AvgIpc) is 3.05. The van der Waals surface area contributed by atoms with Crippen molar-refractivity contribution in [1.82, 2.24) is 14.8 Å². The average molecular weight is 475 g/mol. The van der Waals surface area contributed by atoms with Gasteiger partial charge in [0.15, 0.2) is 11.0 Å². The minimum atomic E-state index is -4.58. The lowest BCUT2D eigenvalue weighted by atomic mass is 10.1. The minimum absolute atomic E-state index is 0.0133. The summed E-state index contributed by atoms with van der Waals surface area (Å²) in [6.45, 7) is -0.0133. The van der Waals surface area contributed by atoms with E-state index in [1.54, 1.807) is 11.6 Å². The summed E-state index contributed by atoms with van der Waals surface area (Å²) in [6, 6.07) is 8.43. The van der Waals surface area contributed by atoms with Crippen LogP contribution in [-0.4, -0.2) is 26.4 Å². The van der Waals surface area contributed by atoms with Crippen LogP contribution in [-0.2, 0) is 24.6 Å². The van der Waals surface area contributed by atoms with Crippen molar-refractivity contribution in [3.05, 3.63) is 64.7 Å². The number of nitrogens with one attached hydrogen (secondary N) is 1. The normalized spacial score (nSPS) is 11.4. The number of hydrogen-bond donors (Lipinski definition) is 1. The van der Waals surface area contributed by atoms with E-state index in [2.05, 4.69) is 15.5 Å². The summed E-state index contributed by atoms with van der Waals surface area (Å²) in [4.78, 5) is 12.1. The van der Waals surface area contributed by atoms with E-state index in [0.29, 0.717) is 11.0 Å². The molecule has 0 radical (unpaired) electrons. The zero-order valence-corrected chi connectivity index (χ0v) is 17.5. The number of para-hydroxylation sites is 1. The Balaban J connectivity index is 1.58. The molecule has 164 valence electrons. The van der Waals surface area contributed by atoms with Gasteiger partial charge in [-0.2, -0.15) is 13.2 Å². The molecule has 0 aliphatic heterocycles. The van der Waals surface area contributed by atoms with Gasteiger partial charge in [0.25, 0.3) is 0 Å². The first-order valence-electron chi connectivity index (χ1n) is 8.70. The molecule has 0 unspecified atom stereocenters. The number of hydrogen-bond acceptors (Lipinski definition) is 5. The van der Waals surface area contributed by atoms with Crippen molar-refractivity contribution in [3.63, 3.8) is 0 Å². The van der Waals surface area contributed by atoms with Crippen LogP contribution >= 0.6 is 23.4 Å². The highest BCUT2D eigenvalue weighted by atomic mass is 35.5. The van der Waals surface area contributed by atoms with Crippen molar-refractivity contribution in [1.29, 1.82) is 0 Å². The lowest BCUT2D eigenvalue weighted by Gasteiger charge is -2.13. The quantitative estimate of drug-likeness (QED) is 0.388. The largest absolute Gasteiger partial charge is 0.484 e. The monoisotopic (exact) mass is 474 g/mol. The lowest BCUT2D eigenvalue weighted by molar-refractivity contribution is -0.137. The number of benzene rings is 2. The molecule has 3 aromatic rings. The zero-order valence-electron chi connectivity index (χ0n) is 15.9. The van der Waals surface area contributed by atoms with Gasteiger partial charge in [0.2, 0.25) is 5.91 Å². The second-order valence-electron chi connectivity index (χ2n) is 6.20. The smallest absolute Gasteiger partial charge is 0.418 e. The SMILES string of the molecule is Cn1c(COc2ccc(F)cc2Cl)nnc1SCC(=O)Nc1ccccc1C(F)(F)F. The molecule has 0 aliphatic rings. The van der Waals surface area contributed by atoms with E-state index in [9.17, 15) is 22.4 Å². The third-order valence-electron chi connectivity index (χ3n) is 4.01. The fourth-order valence-corrected chi connectivity index (χ4v) is 3.44. The predicted molar refractivity (Wildman–Crippen MR) is 108 cm³/mol. The van der Waals surface area contributed by atoms with E-state index >= 15 is 0 Å². The Morgan fingerprint density at radius 1 is 1.23 bits per heavy atom. The molecule has 0 bridgehead atoms. The summed E-state index contributed by atoms with van der Waals surface area (Å²) in [7, 11) is 1.64. The summed E-state index contributed by atoms with van der Waals surface area (Å²) in [5.74, 6) is -0.622. The molecule has 3 rings (SSSR count). The van der Waals surface area contributed by atoms with Crippen LogP contribution in [0.4, 0.5) is 23.2 Å². The van der Waals surface area contributed by atoms with Gasteiger partial charge in [0, 0.05) is 7.05 Å². The van der Waals surface area contributed by atoms with Gasteiger partial charge < -0.3 is 14.6 Å². The molecule has 0 aliphatic carbocycles. The third-order valence-corrected chi connectivity index (χ3v) is 5.33. The van der Waals surface area contributed by atoms with Gasteiger partial charge in [0.1, 0.15) is 18.2 Å². The summed E-state index contributed by atoms with van der Waals surface area (Å²) in [6.07, 6.45) is -4.58. The second kappa shape index (κ2) is 9.56. The number of aromatic nitrogens is 3. The number of thioether (sulfide) groups is 1. The standard InChI is InChI=1S/C19H15ClF4N4O2S/c1-28-16(9-30-15-7-6-11(21)8-13(15)20)26-27-18(28)31-10-17(29)25-14-5-3-2-4-12(14)19(22,23)24/h2-8H,9-10H2,1H3,(H,25,29). The zero-order chi connectivity index (χ0) is 22.6. The van der Waals surface area contributed by atoms with E-state index in [4.69, 9.17) is 16.3 Å². The van der Waals surface area contributed by atoms with Gasteiger partial charge in [-0.1, -0.05) is 35.5 Å². The van der Waals surface area contributed by atoms with Crippen LogP contribution < -0.4 is 10.1 Å². The highest BCUT2D eigenvalue weighted by Crippen LogP contribution is 2.34. The summed E-state index contributed by atoms with van der Waals surface area (Å²) >= 11 is 6.90. The van der Waals surface area contributed by atoms with E-state index in [-0.39, 0.29) is 28.8 Å². The maximum atomic E-state index is 13.1. The van der Waals surface area contributed by atoms with Crippen molar-refractivity contribution in [2.24, 2.45) is 7.05 Å². The van der Waals surface area contributed by atoms with Gasteiger partial charge in [-0.3, -0.25) is 4.79 Å². The Morgan fingerprint density at radius 2 is 1.97 bits per heavy atom. The molecule has 31 heavy (non-hydrogen) atoms. The number of anilines is 1. The Morgan fingerprint density at radius 3 is 2.68 bits per heavy atom. The maximum absolute atomic E-state index is 13.1. The number of halogens is 5. The molecule has 0 saturated heterocycles. The van der Waals surface area contributed by atoms with Crippen LogP contribution in [0.5, 0.6) is 5.75 Å². The molecular weight excluding hydrogens is 460 g/mol. The highest BCUT2D eigenvalue weighted by molar-refractivity contribution is 7.99. The fraction of sp³-hybridized carbons (Fsp3) is 0.211. The van der Waals surface area contributed by atoms with E-state index in [1.165, 1.54) is 30.3 Å². The van der Waals surface area contributed by atoms with E-state index in [1.807, 2.05) is 0 Å². The number of nitrogens with zero attached hydrogens (tertiary/aromatic N) is 3. The Bertz CT molecular complexity index is 1090. The van der Waals surface area contributed by atoms with E-state index < -0.39 is 23.5 Å². The summed E-state index contributed by atoms with van der Waals surface area (Å²) in [5, 5.41) is 10.6. The second-order valence-corrected chi connectivity index (χ2v) is 7.55. The minimum Gasteiger partial charge on any atom is -0.484 e. The molecule has 6 nitrogen and oxygen atoms in total. The predicted octanol–water partition coefficient (Wildman–Crippen LogP) is 4.94. The Kier molecular flexibility index (Phi) is 7.06. The van der Waals surface area contributed by atoms with E-state index in [0.717, 1.165) is 23.9 Å². The number of carbonyl (C=O) groups is 1. The summed E-state index contributed by atoms with van der Waals surface area (Å²) in [5.41, 5.74) is -1.24. The van der Waals surface area contributed by atoms with Crippen molar-refractivity contribution in [2.45, 2.75) is 17.9 Å². The van der Waals surface area contributed by atoms with Crippen LogP contribution in [0.1, 0.15) is 11.4 Å². The Labute approximate surface area is 183 Å². The van der Waals surface area contributed by atoms with Crippen LogP contribution in [0.15, 0.2) is 47.6 Å². The number of rotatable bonds is 7. The number of ether oxygens (including phenoxy) is 1. The van der Waals surface area contributed by atoms with Crippen molar-refractivity contribution in [3.8, 4) is 5.75 Å². The van der Waals surface area contributed by atoms with Crippen LogP contribution in [0.25, 0.3) is 0 Å². The van der Waals surface area contributed by atoms with Crippen molar-refractivity contribution >= 4 is 35.0 Å². The van der Waals surface area contributed by atoms with Crippen molar-refractivity contribution < 1.29 is 27.1 Å². The van der Waals surface area contributed by atoms with Gasteiger partial charge in [0.05, 0.1) is 22.0 Å². The first kappa shape index (κ1) is 22.9. The molecule has 0 saturated carbocycles. The number of carbonyl (C=O) groups excluding carboxylic acids is 1. The van der Waals surface area contributed by atoms with Gasteiger partial charge in [-0.25, -0.2) is 4.39 Å². The molecule has 0 fully saturated rings. The molecule has 2 aromatic carbocycles. The van der Waals surface area contributed by atoms with Crippen LogP contribution in [0, 0.1) is 5.82 Å². The Hall–Kier alpha value is -2.79. The molecular formula is C19H15ClF4N4O2S. The maximum Gasteiger partial charge on any atom is 0.418 e. The molecule has 0 spiro atoms. The van der Waals surface area contributed by atoms with Crippen molar-refractivity contribution in [2.75, 3.05) is 11.1 Å². The van der Waals surface area contributed by atoms with Gasteiger partial charge in [-0.05, 0) is 30.3 Å². The molecule has 1 N–H and O–H groups in total. The van der Waals surface area contributed by atoms with Gasteiger partial charge in [-0.15, -0.1) is 10.2 Å². The molecule has 0 atom stereocenters. The summed E-state index contributed by atoms with van der Waals surface area (Å²) < 4.78 is 59.2. The topological polar surface area (TPSA) is 69.0 Å². The molecule has 1 heterocycles. The van der Waals surface area contributed by atoms with Gasteiger partial charge >= 0.3 is 6.18 Å². The molecule has 1 aromatic heterocycles. The lowest BCUT2D eigenvalue weighted by Crippen LogP contribution is -2.18. The number of amides is 1. The number of alkyl halides is 3. The molecule has 12 heteroatoms. The first-order chi connectivity index (χ1) is 14.6. The molecule has 1 amide bonds. The highest BCUT2D eigenvalue weighted by Gasteiger charge is 2.33. The fourth-order valence-electron chi connectivity index (χ4n) is 2.49. The third kappa shape index (κ3) is 5.88.